The Bertz CT molecular complexity index is 636. The van der Waals surface area contributed by atoms with E-state index in [2.05, 4.69) is 16.8 Å². The molecule has 0 unspecified atom stereocenters. The molecule has 0 saturated heterocycles. The number of thioether (sulfide) groups is 2. The van der Waals surface area contributed by atoms with E-state index in [9.17, 15) is 8.78 Å². The molecule has 110 valence electrons. The fourth-order valence-corrected chi connectivity index (χ4v) is 2.66. The van der Waals surface area contributed by atoms with Gasteiger partial charge in [-0.05, 0) is 34.8 Å². The first-order chi connectivity index (χ1) is 10.1. The van der Waals surface area contributed by atoms with Crippen LogP contribution in [-0.2, 0) is 7.05 Å². The maximum atomic E-state index is 12.2. The molecule has 0 fully saturated rings. The van der Waals surface area contributed by atoms with Gasteiger partial charge < -0.3 is 4.57 Å². The molecule has 0 radical (unpaired) electrons. The Morgan fingerprint density at radius 1 is 1.33 bits per heavy atom. The lowest BCUT2D eigenvalue weighted by Crippen LogP contribution is -1.86. The third-order valence-corrected chi connectivity index (χ3v) is 4.14. The minimum atomic E-state index is -2.40. The highest BCUT2D eigenvalue weighted by atomic mass is 32.2. The fraction of sp³-hybridized carbons (Fsp3) is 0.143. The lowest BCUT2D eigenvalue weighted by atomic mass is 10.1. The van der Waals surface area contributed by atoms with Crippen LogP contribution in [0.2, 0.25) is 0 Å². The van der Waals surface area contributed by atoms with Crippen LogP contribution in [0.3, 0.4) is 0 Å². The van der Waals surface area contributed by atoms with Crippen molar-refractivity contribution in [3.63, 3.8) is 0 Å². The molecule has 1 aromatic carbocycles. The molecule has 0 spiro atoms. The van der Waals surface area contributed by atoms with Crippen LogP contribution < -0.4 is 0 Å². The van der Waals surface area contributed by atoms with Crippen LogP contribution in [0.4, 0.5) is 8.78 Å². The van der Waals surface area contributed by atoms with Crippen LogP contribution in [-0.4, -0.2) is 20.5 Å². The lowest BCUT2D eigenvalue weighted by molar-refractivity contribution is 0.252. The van der Waals surface area contributed by atoms with Crippen molar-refractivity contribution >= 4 is 29.1 Å². The Labute approximate surface area is 130 Å². The molecule has 0 saturated carbocycles. The summed E-state index contributed by atoms with van der Waals surface area (Å²) in [6, 6.07) is 6.90. The number of allylic oxidation sites excluding steroid dienone is 2. The molecular formula is C14H13F2N3S2. The Morgan fingerprint density at radius 2 is 2.05 bits per heavy atom. The number of hydrogen-bond acceptors (Lipinski definition) is 4. The minimum absolute atomic E-state index is 0.533. The number of benzene rings is 1. The van der Waals surface area contributed by atoms with Crippen LogP contribution in [0.1, 0.15) is 5.56 Å². The van der Waals surface area contributed by atoms with Crippen molar-refractivity contribution in [1.29, 1.82) is 0 Å². The second-order valence-corrected chi connectivity index (χ2v) is 6.01. The van der Waals surface area contributed by atoms with Gasteiger partial charge in [-0.2, -0.15) is 8.78 Å². The molecule has 0 atom stereocenters. The van der Waals surface area contributed by atoms with E-state index in [4.69, 9.17) is 0 Å². The predicted molar refractivity (Wildman–Crippen MR) is 83.3 cm³/mol. The SMILES string of the molecule is C=C(/C=C/Sc1nncn1C)c1ccc(SC(F)F)cc1. The number of nitrogens with zero attached hydrogens (tertiary/aromatic N) is 3. The Balaban J connectivity index is 1.95. The van der Waals surface area contributed by atoms with Crippen LogP contribution >= 0.6 is 23.5 Å². The lowest BCUT2D eigenvalue weighted by Gasteiger charge is -2.03. The van der Waals surface area contributed by atoms with Gasteiger partial charge in [0.25, 0.3) is 5.76 Å². The van der Waals surface area contributed by atoms with Gasteiger partial charge >= 0.3 is 0 Å². The maximum absolute atomic E-state index is 12.2. The smallest absolute Gasteiger partial charge is 0.288 e. The first kappa shape index (κ1) is 15.8. The van der Waals surface area contributed by atoms with Gasteiger partial charge in [-0.15, -0.1) is 10.2 Å². The van der Waals surface area contributed by atoms with Gasteiger partial charge in [-0.1, -0.05) is 42.2 Å². The van der Waals surface area contributed by atoms with Crippen molar-refractivity contribution in [2.24, 2.45) is 7.05 Å². The zero-order valence-electron chi connectivity index (χ0n) is 11.2. The molecule has 0 N–H and O–H groups in total. The Kier molecular flexibility index (Phi) is 5.58. The number of aromatic nitrogens is 3. The average Bonchev–Trinajstić information content (AvgIpc) is 2.84. The number of halogens is 2. The molecular weight excluding hydrogens is 312 g/mol. The molecule has 0 bridgehead atoms. The Morgan fingerprint density at radius 3 is 2.62 bits per heavy atom. The van der Waals surface area contributed by atoms with Crippen LogP contribution in [0, 0.1) is 0 Å². The van der Waals surface area contributed by atoms with E-state index >= 15 is 0 Å². The van der Waals surface area contributed by atoms with Crippen molar-refractivity contribution in [3.05, 3.63) is 54.2 Å². The van der Waals surface area contributed by atoms with Gasteiger partial charge in [0.2, 0.25) is 0 Å². The summed E-state index contributed by atoms with van der Waals surface area (Å²) in [5.41, 5.74) is 1.70. The van der Waals surface area contributed by atoms with E-state index in [0.717, 1.165) is 16.3 Å². The van der Waals surface area contributed by atoms with E-state index in [-0.39, 0.29) is 0 Å². The first-order valence-electron chi connectivity index (χ1n) is 5.97. The van der Waals surface area contributed by atoms with Crippen molar-refractivity contribution < 1.29 is 8.78 Å². The summed E-state index contributed by atoms with van der Waals surface area (Å²) >= 11 is 1.97. The molecule has 0 aliphatic carbocycles. The van der Waals surface area contributed by atoms with E-state index in [1.54, 1.807) is 30.6 Å². The highest BCUT2D eigenvalue weighted by Crippen LogP contribution is 2.27. The molecule has 1 aromatic heterocycles. The highest BCUT2D eigenvalue weighted by molar-refractivity contribution is 8.02. The van der Waals surface area contributed by atoms with Crippen LogP contribution in [0.15, 0.2) is 58.7 Å². The maximum Gasteiger partial charge on any atom is 0.288 e. The molecule has 0 aliphatic heterocycles. The van der Waals surface area contributed by atoms with Gasteiger partial charge in [0.05, 0.1) is 0 Å². The van der Waals surface area contributed by atoms with Gasteiger partial charge in [-0.25, -0.2) is 0 Å². The van der Waals surface area contributed by atoms with Crippen molar-refractivity contribution in [2.75, 3.05) is 0 Å². The van der Waals surface area contributed by atoms with Gasteiger partial charge in [0, 0.05) is 11.9 Å². The monoisotopic (exact) mass is 325 g/mol. The van der Waals surface area contributed by atoms with Gasteiger partial charge in [0.1, 0.15) is 6.33 Å². The van der Waals surface area contributed by atoms with Crippen molar-refractivity contribution in [1.82, 2.24) is 14.8 Å². The van der Waals surface area contributed by atoms with E-state index in [1.807, 2.05) is 23.1 Å². The van der Waals surface area contributed by atoms with E-state index < -0.39 is 5.76 Å². The third-order valence-electron chi connectivity index (χ3n) is 2.56. The van der Waals surface area contributed by atoms with E-state index in [0.29, 0.717) is 16.7 Å². The average molecular weight is 325 g/mol. The number of alkyl halides is 2. The highest BCUT2D eigenvalue weighted by Gasteiger charge is 2.05. The molecule has 2 aromatic rings. The largest absolute Gasteiger partial charge is 0.312 e. The van der Waals surface area contributed by atoms with Crippen molar-refractivity contribution in [2.45, 2.75) is 15.8 Å². The second kappa shape index (κ2) is 7.42. The molecule has 1 heterocycles. The summed E-state index contributed by atoms with van der Waals surface area (Å²) in [7, 11) is 1.87. The topological polar surface area (TPSA) is 30.7 Å². The number of hydrogen-bond donors (Lipinski definition) is 0. The summed E-state index contributed by atoms with van der Waals surface area (Å²) in [6.45, 7) is 3.96. The third kappa shape index (κ3) is 4.71. The summed E-state index contributed by atoms with van der Waals surface area (Å²) < 4.78 is 26.3. The molecule has 2 rings (SSSR count). The molecule has 3 nitrogen and oxygen atoms in total. The van der Waals surface area contributed by atoms with Crippen LogP contribution in [0.25, 0.3) is 5.57 Å². The molecule has 21 heavy (non-hydrogen) atoms. The van der Waals surface area contributed by atoms with Gasteiger partial charge in [-0.3, -0.25) is 0 Å². The Hall–Kier alpha value is -1.60. The minimum Gasteiger partial charge on any atom is -0.312 e. The molecule has 7 heteroatoms. The first-order valence-corrected chi connectivity index (χ1v) is 7.73. The standard InChI is InChI=1S/C14H13F2N3S2/c1-10(7-8-20-14-18-17-9-19(14)2)11-3-5-12(6-4-11)21-13(15)16/h3-9,13H,1H2,2H3/b8-7+. The predicted octanol–water partition coefficient (Wildman–Crippen LogP) is 4.45. The summed E-state index contributed by atoms with van der Waals surface area (Å²) in [5.74, 6) is -2.40. The molecule has 0 amide bonds. The number of rotatable bonds is 6. The summed E-state index contributed by atoms with van der Waals surface area (Å²) in [6.07, 6.45) is 3.49. The van der Waals surface area contributed by atoms with Crippen LogP contribution in [0.5, 0.6) is 0 Å². The van der Waals surface area contributed by atoms with E-state index in [1.165, 1.54) is 11.8 Å². The van der Waals surface area contributed by atoms with Crippen molar-refractivity contribution in [3.8, 4) is 0 Å². The second-order valence-electron chi connectivity index (χ2n) is 4.07. The number of aryl methyl sites for hydroxylation is 1. The summed E-state index contributed by atoms with van der Waals surface area (Å²) in [4.78, 5) is 0.541. The quantitative estimate of drug-likeness (QED) is 0.580. The summed E-state index contributed by atoms with van der Waals surface area (Å²) in [5, 5.41) is 10.4. The zero-order valence-corrected chi connectivity index (χ0v) is 12.9. The zero-order chi connectivity index (χ0) is 15.2. The van der Waals surface area contributed by atoms with Gasteiger partial charge in [0.15, 0.2) is 5.16 Å². The molecule has 0 aliphatic rings. The fourth-order valence-electron chi connectivity index (χ4n) is 1.50. The normalized spacial score (nSPS) is 11.4.